The fourth-order valence-electron chi connectivity index (χ4n) is 4.30. The number of rotatable bonds is 24. The summed E-state index contributed by atoms with van der Waals surface area (Å²) in [4.78, 5) is 90.1. The van der Waals surface area contributed by atoms with E-state index in [2.05, 4.69) is 31.6 Å². The Morgan fingerprint density at radius 1 is 0.740 bits per heavy atom. The Morgan fingerprint density at radius 3 is 1.98 bits per heavy atom. The number of aromatic hydroxyl groups is 1. The molecule has 0 aliphatic carbocycles. The first-order chi connectivity index (χ1) is 23.6. The van der Waals surface area contributed by atoms with Crippen LogP contribution in [0.3, 0.4) is 0 Å². The van der Waals surface area contributed by atoms with Crippen molar-refractivity contribution in [2.75, 3.05) is 26.2 Å². The number of aliphatic hydroxyl groups excluding tert-OH is 1. The van der Waals surface area contributed by atoms with Crippen LogP contribution >= 0.6 is 0 Å². The topological polar surface area (TPSA) is 357 Å². The van der Waals surface area contributed by atoms with Crippen LogP contribution in [0.1, 0.15) is 50.5 Å². The van der Waals surface area contributed by atoms with Gasteiger partial charge in [-0.1, -0.05) is 12.1 Å². The lowest BCUT2D eigenvalue weighted by molar-refractivity contribution is -0.137. The molecule has 0 radical (unpaired) electrons. The minimum atomic E-state index is -1.41. The summed E-state index contributed by atoms with van der Waals surface area (Å²) >= 11 is 0. The Kier molecular flexibility index (Phi) is 19.5. The van der Waals surface area contributed by atoms with Gasteiger partial charge in [0.05, 0.1) is 19.2 Å². The number of guanidine groups is 1. The van der Waals surface area contributed by atoms with Crippen LogP contribution in [0.15, 0.2) is 29.3 Å². The molecule has 0 aliphatic rings. The number of carbonyl (C=O) groups excluding carboxylic acids is 6. The van der Waals surface area contributed by atoms with Crippen molar-refractivity contribution >= 4 is 47.4 Å². The van der Waals surface area contributed by atoms with Crippen LogP contribution in [0.5, 0.6) is 5.75 Å². The molecular formula is C30H48N10O10. The van der Waals surface area contributed by atoms with Gasteiger partial charge in [-0.2, -0.15) is 0 Å². The lowest BCUT2D eigenvalue weighted by Crippen LogP contribution is -2.57. The molecule has 20 nitrogen and oxygen atoms in total. The van der Waals surface area contributed by atoms with Gasteiger partial charge in [0, 0.05) is 32.4 Å². The molecule has 0 unspecified atom stereocenters. The smallest absolute Gasteiger partial charge is 0.303 e. The molecule has 1 aromatic rings. The SMILES string of the molecule is NC(=O)CC[C@H](NC(=O)[C@@H](N)CCCN=C(N)N)C(=O)NCC(=O)N[C@@H](Cc1ccc(O)cc1)C(=O)N[C@@H](CO)C(=O)NCCCCC(=O)O. The Labute approximate surface area is 288 Å². The van der Waals surface area contributed by atoms with Crippen molar-refractivity contribution < 1.29 is 48.9 Å². The van der Waals surface area contributed by atoms with E-state index in [9.17, 15) is 43.8 Å². The van der Waals surface area contributed by atoms with Crippen molar-refractivity contribution in [1.29, 1.82) is 0 Å². The molecule has 1 aromatic carbocycles. The minimum absolute atomic E-state index is 0.0493. The lowest BCUT2D eigenvalue weighted by atomic mass is 10.0. The number of carbonyl (C=O) groups is 7. The van der Waals surface area contributed by atoms with Gasteiger partial charge in [0.15, 0.2) is 5.96 Å². The molecule has 0 bridgehead atoms. The zero-order valence-corrected chi connectivity index (χ0v) is 27.6. The summed E-state index contributed by atoms with van der Waals surface area (Å²) in [6.07, 6.45) is 0.486. The number of amides is 6. The predicted molar refractivity (Wildman–Crippen MR) is 179 cm³/mol. The number of nitrogens with two attached hydrogens (primary N) is 4. The molecule has 0 aliphatic heterocycles. The summed E-state index contributed by atoms with van der Waals surface area (Å²) in [5.74, 6) is -5.91. The van der Waals surface area contributed by atoms with E-state index in [-0.39, 0.29) is 56.9 Å². The van der Waals surface area contributed by atoms with Gasteiger partial charge in [0.2, 0.25) is 35.4 Å². The largest absolute Gasteiger partial charge is 0.508 e. The van der Waals surface area contributed by atoms with E-state index >= 15 is 0 Å². The highest BCUT2D eigenvalue weighted by molar-refractivity contribution is 5.95. The maximum Gasteiger partial charge on any atom is 0.303 e. The van der Waals surface area contributed by atoms with Crippen LogP contribution in [-0.2, 0) is 40.0 Å². The number of nitrogens with one attached hydrogen (secondary N) is 5. The number of aliphatic imine (C=N–C) groups is 1. The molecule has 20 heteroatoms. The Morgan fingerprint density at radius 2 is 1.38 bits per heavy atom. The summed E-state index contributed by atoms with van der Waals surface area (Å²) in [5.41, 5.74) is 22.1. The highest BCUT2D eigenvalue weighted by atomic mass is 16.4. The van der Waals surface area contributed by atoms with Gasteiger partial charge in [0.25, 0.3) is 0 Å². The summed E-state index contributed by atoms with van der Waals surface area (Å²) in [5, 5.41) is 40.2. The second-order valence-corrected chi connectivity index (χ2v) is 11.2. The molecule has 278 valence electrons. The predicted octanol–water partition coefficient (Wildman–Crippen LogP) is -4.48. The van der Waals surface area contributed by atoms with E-state index in [4.69, 9.17) is 28.0 Å². The first-order valence-corrected chi connectivity index (χ1v) is 15.8. The third kappa shape index (κ3) is 18.2. The highest BCUT2D eigenvalue weighted by Crippen LogP contribution is 2.12. The van der Waals surface area contributed by atoms with E-state index < -0.39 is 78.7 Å². The van der Waals surface area contributed by atoms with Crippen LogP contribution < -0.4 is 49.5 Å². The monoisotopic (exact) mass is 708 g/mol. The quantitative estimate of drug-likeness (QED) is 0.0274. The Balaban J connectivity index is 2.92. The van der Waals surface area contributed by atoms with Gasteiger partial charge in [0.1, 0.15) is 23.9 Å². The molecule has 0 saturated heterocycles. The summed E-state index contributed by atoms with van der Waals surface area (Å²) in [7, 11) is 0. The van der Waals surface area contributed by atoms with Crippen molar-refractivity contribution in [3.8, 4) is 5.75 Å². The maximum atomic E-state index is 13.2. The molecule has 4 atom stereocenters. The fourth-order valence-corrected chi connectivity index (χ4v) is 4.30. The molecular weight excluding hydrogens is 660 g/mol. The summed E-state index contributed by atoms with van der Waals surface area (Å²) in [6, 6.07) is 0.627. The van der Waals surface area contributed by atoms with E-state index in [1.165, 1.54) is 24.3 Å². The fraction of sp³-hybridized carbons (Fsp3) is 0.533. The van der Waals surface area contributed by atoms with Gasteiger partial charge in [-0.3, -0.25) is 38.6 Å². The van der Waals surface area contributed by atoms with E-state index in [1.807, 2.05) is 0 Å². The third-order valence-electron chi connectivity index (χ3n) is 7.00. The number of benzene rings is 1. The van der Waals surface area contributed by atoms with Gasteiger partial charge >= 0.3 is 5.97 Å². The van der Waals surface area contributed by atoms with E-state index in [0.717, 1.165) is 0 Å². The summed E-state index contributed by atoms with van der Waals surface area (Å²) < 4.78 is 0. The molecule has 0 fully saturated rings. The first kappa shape index (κ1) is 42.5. The average Bonchev–Trinajstić information content (AvgIpc) is 3.05. The summed E-state index contributed by atoms with van der Waals surface area (Å²) in [6.45, 7) is -1.15. The molecule has 16 N–H and O–H groups in total. The lowest BCUT2D eigenvalue weighted by Gasteiger charge is -2.23. The van der Waals surface area contributed by atoms with E-state index in [1.54, 1.807) is 0 Å². The van der Waals surface area contributed by atoms with Gasteiger partial charge in [-0.05, 0) is 49.8 Å². The molecule has 0 saturated carbocycles. The Bertz CT molecular complexity index is 1340. The average molecular weight is 709 g/mol. The van der Waals surface area contributed by atoms with Crippen molar-refractivity contribution in [2.24, 2.45) is 27.9 Å². The number of phenolic OH excluding ortho intramolecular Hbond substituents is 1. The molecule has 1 rings (SSSR count). The first-order valence-electron chi connectivity index (χ1n) is 15.8. The minimum Gasteiger partial charge on any atom is -0.508 e. The zero-order chi connectivity index (χ0) is 37.6. The number of carboxylic acid groups (broad SMARTS) is 1. The van der Waals surface area contributed by atoms with Crippen molar-refractivity contribution in [1.82, 2.24) is 26.6 Å². The number of aliphatic hydroxyl groups is 1. The molecule has 0 spiro atoms. The number of aliphatic carboxylic acids is 1. The third-order valence-corrected chi connectivity index (χ3v) is 7.00. The standard InChI is InChI=1S/C30H48N10O10/c31-19(4-3-13-36-30(33)34)26(47)39-20(10-11-23(32)43)27(48)37-15-24(44)38-21(14-17-6-8-18(42)9-7-17)29(50)40-22(16-41)28(49)35-12-2-1-5-25(45)46/h6-9,19-22,41-42H,1-5,10-16,31H2,(H2,32,43)(H,35,49)(H,37,48)(H,38,44)(H,39,47)(H,40,50)(H,45,46)(H4,33,34,36)/t19-,20-,21-,22-/m0/s1. The normalized spacial score (nSPS) is 13.0. The molecule has 50 heavy (non-hydrogen) atoms. The van der Waals surface area contributed by atoms with Crippen LogP contribution in [-0.4, -0.2) is 113 Å². The number of nitrogens with zero attached hydrogens (tertiary/aromatic N) is 1. The zero-order valence-electron chi connectivity index (χ0n) is 27.6. The molecule has 0 heterocycles. The number of hydrogen-bond acceptors (Lipinski definition) is 11. The van der Waals surface area contributed by atoms with Crippen LogP contribution in [0.4, 0.5) is 0 Å². The molecule has 0 aromatic heterocycles. The Hall–Kier alpha value is -5.50. The van der Waals surface area contributed by atoms with Crippen molar-refractivity contribution in [3.63, 3.8) is 0 Å². The van der Waals surface area contributed by atoms with E-state index in [0.29, 0.717) is 24.8 Å². The van der Waals surface area contributed by atoms with Crippen molar-refractivity contribution in [2.45, 2.75) is 75.5 Å². The van der Waals surface area contributed by atoms with Crippen LogP contribution in [0, 0.1) is 0 Å². The highest BCUT2D eigenvalue weighted by Gasteiger charge is 2.28. The van der Waals surface area contributed by atoms with Crippen LogP contribution in [0.2, 0.25) is 0 Å². The second-order valence-electron chi connectivity index (χ2n) is 11.2. The van der Waals surface area contributed by atoms with Gasteiger partial charge < -0.3 is 64.8 Å². The number of phenols is 1. The number of hydrogen-bond donors (Lipinski definition) is 12. The number of unbranched alkanes of at least 4 members (excludes halogenated alkanes) is 1. The number of primary amides is 1. The maximum absolute atomic E-state index is 13.2. The second kappa shape index (κ2) is 23.0. The molecule has 6 amide bonds. The van der Waals surface area contributed by atoms with Crippen LogP contribution in [0.25, 0.3) is 0 Å². The van der Waals surface area contributed by atoms with Gasteiger partial charge in [-0.15, -0.1) is 0 Å². The van der Waals surface area contributed by atoms with Gasteiger partial charge in [-0.25, -0.2) is 0 Å². The van der Waals surface area contributed by atoms with Crippen molar-refractivity contribution in [3.05, 3.63) is 29.8 Å². The number of carboxylic acids is 1.